The van der Waals surface area contributed by atoms with Gasteiger partial charge in [-0.2, -0.15) is 4.31 Å². The fraction of sp³-hybridized carbons (Fsp3) is 0.400. The van der Waals surface area contributed by atoms with Gasteiger partial charge in [-0.3, -0.25) is 9.59 Å². The Balaban J connectivity index is 1.66. The van der Waals surface area contributed by atoms with Crippen LogP contribution in [0, 0.1) is 0 Å². The van der Waals surface area contributed by atoms with Gasteiger partial charge in [0.25, 0.3) is 11.8 Å². The van der Waals surface area contributed by atoms with E-state index in [4.69, 9.17) is 4.74 Å². The lowest BCUT2D eigenvalue weighted by atomic mass is 10.2. The maximum atomic E-state index is 12.9. The molecule has 30 heavy (non-hydrogen) atoms. The van der Waals surface area contributed by atoms with Crippen LogP contribution < -0.4 is 15.4 Å². The molecule has 3 rings (SSSR count). The molecule has 0 aliphatic carbocycles. The van der Waals surface area contributed by atoms with Crippen molar-refractivity contribution < 1.29 is 22.7 Å². The predicted octanol–water partition coefficient (Wildman–Crippen LogP) is 2.69. The molecule has 0 radical (unpaired) electrons. The Kier molecular flexibility index (Phi) is 7.46. The molecule has 162 valence electrons. The summed E-state index contributed by atoms with van der Waals surface area (Å²) in [7, 11) is -3.69. The van der Waals surface area contributed by atoms with Crippen molar-refractivity contribution in [2.45, 2.75) is 31.1 Å². The zero-order valence-electron chi connectivity index (χ0n) is 16.7. The van der Waals surface area contributed by atoms with Crippen LogP contribution in [-0.2, 0) is 14.8 Å². The van der Waals surface area contributed by atoms with Gasteiger partial charge in [0.1, 0.15) is 15.5 Å². The quantitative estimate of drug-likeness (QED) is 0.642. The van der Waals surface area contributed by atoms with Crippen LogP contribution >= 0.6 is 11.3 Å². The molecule has 0 spiro atoms. The van der Waals surface area contributed by atoms with Crippen molar-refractivity contribution >= 4 is 38.9 Å². The molecule has 1 saturated heterocycles. The van der Waals surface area contributed by atoms with Gasteiger partial charge in [0.05, 0.1) is 0 Å². The predicted molar refractivity (Wildman–Crippen MR) is 116 cm³/mol. The van der Waals surface area contributed by atoms with Crippen LogP contribution in [0.3, 0.4) is 0 Å². The highest BCUT2D eigenvalue weighted by Gasteiger charge is 2.31. The number of ether oxygens (including phenoxy) is 1. The van der Waals surface area contributed by atoms with Crippen LogP contribution in [0.25, 0.3) is 0 Å². The number of anilines is 1. The average molecular weight is 452 g/mol. The number of piperidine rings is 1. The van der Waals surface area contributed by atoms with E-state index in [9.17, 15) is 18.0 Å². The number of nitrogens with one attached hydrogen (secondary N) is 2. The van der Waals surface area contributed by atoms with Crippen molar-refractivity contribution in [2.75, 3.05) is 31.6 Å². The SMILES string of the molecule is CCNC(=O)COc1ccc(NC(=O)c2sccc2S(=O)(=O)N2CCCCC2)cc1. The van der Waals surface area contributed by atoms with Gasteiger partial charge in [0.2, 0.25) is 10.0 Å². The number of carbonyl (C=O) groups excluding carboxylic acids is 2. The Labute approximate surface area is 180 Å². The normalized spacial score (nSPS) is 14.8. The molecular weight excluding hydrogens is 426 g/mol. The summed E-state index contributed by atoms with van der Waals surface area (Å²) < 4.78 is 32.7. The third kappa shape index (κ3) is 5.38. The second kappa shape index (κ2) is 10.1. The topological polar surface area (TPSA) is 105 Å². The van der Waals surface area contributed by atoms with E-state index < -0.39 is 15.9 Å². The summed E-state index contributed by atoms with van der Waals surface area (Å²) in [5, 5.41) is 6.98. The largest absolute Gasteiger partial charge is 0.484 e. The van der Waals surface area contributed by atoms with E-state index in [0.717, 1.165) is 30.6 Å². The number of carbonyl (C=O) groups is 2. The minimum Gasteiger partial charge on any atom is -0.484 e. The Morgan fingerprint density at radius 3 is 2.47 bits per heavy atom. The van der Waals surface area contributed by atoms with Crippen LogP contribution in [0.1, 0.15) is 35.9 Å². The lowest BCUT2D eigenvalue weighted by Gasteiger charge is -2.25. The molecule has 0 unspecified atom stereocenters. The number of amides is 2. The van der Waals surface area contributed by atoms with Crippen LogP contribution in [0.2, 0.25) is 0 Å². The fourth-order valence-corrected chi connectivity index (χ4v) is 5.94. The van der Waals surface area contributed by atoms with Gasteiger partial charge in [-0.15, -0.1) is 11.3 Å². The van der Waals surface area contributed by atoms with E-state index in [1.807, 2.05) is 6.92 Å². The first-order valence-corrected chi connectivity index (χ1v) is 12.1. The summed E-state index contributed by atoms with van der Waals surface area (Å²) in [6, 6.07) is 8.03. The van der Waals surface area contributed by atoms with Crippen molar-refractivity contribution in [1.82, 2.24) is 9.62 Å². The van der Waals surface area contributed by atoms with E-state index in [2.05, 4.69) is 10.6 Å². The molecule has 1 aliphatic rings. The average Bonchev–Trinajstić information content (AvgIpc) is 3.25. The molecule has 2 N–H and O–H groups in total. The summed E-state index contributed by atoms with van der Waals surface area (Å²) in [6.07, 6.45) is 2.69. The third-order valence-electron chi connectivity index (χ3n) is 4.62. The number of thiophene rings is 1. The van der Waals surface area contributed by atoms with Crippen LogP contribution in [0.5, 0.6) is 5.75 Å². The highest BCUT2D eigenvalue weighted by atomic mass is 32.2. The van der Waals surface area contributed by atoms with Crippen molar-refractivity contribution in [3.8, 4) is 5.75 Å². The Morgan fingerprint density at radius 1 is 1.10 bits per heavy atom. The van der Waals surface area contributed by atoms with Crippen molar-refractivity contribution in [2.24, 2.45) is 0 Å². The second-order valence-electron chi connectivity index (χ2n) is 6.80. The Morgan fingerprint density at radius 2 is 1.80 bits per heavy atom. The lowest BCUT2D eigenvalue weighted by molar-refractivity contribution is -0.122. The summed E-state index contributed by atoms with van der Waals surface area (Å²) in [5.41, 5.74) is 0.500. The van der Waals surface area contributed by atoms with Crippen molar-refractivity contribution in [3.63, 3.8) is 0 Å². The molecule has 2 amide bonds. The van der Waals surface area contributed by atoms with E-state index in [1.54, 1.807) is 29.6 Å². The number of sulfonamides is 1. The first-order chi connectivity index (χ1) is 14.4. The summed E-state index contributed by atoms with van der Waals surface area (Å²) in [4.78, 5) is 24.4. The molecule has 1 aliphatic heterocycles. The smallest absolute Gasteiger partial charge is 0.267 e. The van der Waals surface area contributed by atoms with Gasteiger partial charge < -0.3 is 15.4 Å². The zero-order valence-corrected chi connectivity index (χ0v) is 18.4. The molecular formula is C20H25N3O5S2. The highest BCUT2D eigenvalue weighted by molar-refractivity contribution is 7.89. The molecule has 2 heterocycles. The van der Waals surface area contributed by atoms with E-state index in [-0.39, 0.29) is 22.3 Å². The molecule has 1 aromatic carbocycles. The Hall–Kier alpha value is -2.43. The van der Waals surface area contributed by atoms with Gasteiger partial charge in [0.15, 0.2) is 6.61 Å². The molecule has 1 fully saturated rings. The zero-order chi connectivity index (χ0) is 21.6. The minimum absolute atomic E-state index is 0.0498. The van der Waals surface area contributed by atoms with E-state index in [1.165, 1.54) is 10.4 Å². The van der Waals surface area contributed by atoms with Gasteiger partial charge >= 0.3 is 0 Å². The highest BCUT2D eigenvalue weighted by Crippen LogP contribution is 2.28. The number of hydrogen-bond donors (Lipinski definition) is 2. The van der Waals surface area contributed by atoms with Crippen LogP contribution in [0.15, 0.2) is 40.6 Å². The summed E-state index contributed by atoms with van der Waals surface area (Å²) in [6.45, 7) is 3.23. The lowest BCUT2D eigenvalue weighted by Crippen LogP contribution is -2.36. The monoisotopic (exact) mass is 451 g/mol. The first-order valence-electron chi connectivity index (χ1n) is 9.80. The Bertz CT molecular complexity index is 980. The maximum absolute atomic E-state index is 12.9. The molecule has 0 atom stereocenters. The van der Waals surface area contributed by atoms with Crippen molar-refractivity contribution in [1.29, 1.82) is 0 Å². The first kappa shape index (κ1) is 22.3. The third-order valence-corrected chi connectivity index (χ3v) is 7.61. The molecule has 0 saturated carbocycles. The fourth-order valence-electron chi connectivity index (χ4n) is 3.13. The summed E-state index contributed by atoms with van der Waals surface area (Å²) in [5.74, 6) is -0.199. The number of hydrogen-bond acceptors (Lipinski definition) is 6. The molecule has 0 bridgehead atoms. The number of benzene rings is 1. The van der Waals surface area contributed by atoms with Crippen LogP contribution in [-0.4, -0.2) is 50.8 Å². The molecule has 8 nitrogen and oxygen atoms in total. The minimum atomic E-state index is -3.69. The number of nitrogens with zero attached hydrogens (tertiary/aromatic N) is 1. The molecule has 10 heteroatoms. The van der Waals surface area contributed by atoms with E-state index in [0.29, 0.717) is 31.1 Å². The van der Waals surface area contributed by atoms with Crippen LogP contribution in [0.4, 0.5) is 5.69 Å². The van der Waals surface area contributed by atoms with Gasteiger partial charge in [-0.25, -0.2) is 8.42 Å². The molecule has 2 aromatic rings. The second-order valence-corrected chi connectivity index (χ2v) is 9.62. The maximum Gasteiger partial charge on any atom is 0.267 e. The summed E-state index contributed by atoms with van der Waals surface area (Å²) >= 11 is 1.10. The number of rotatable bonds is 8. The number of likely N-dealkylation sites (N-methyl/N-ethyl adjacent to an activating group) is 1. The standard InChI is InChI=1S/C20H25N3O5S2/c1-2-21-18(24)14-28-16-8-6-15(7-9-16)22-20(25)19-17(10-13-29-19)30(26,27)23-11-4-3-5-12-23/h6-10,13H,2-5,11-12,14H2,1H3,(H,21,24)(H,22,25). The van der Waals surface area contributed by atoms with E-state index >= 15 is 0 Å². The van der Waals surface area contributed by atoms with Gasteiger partial charge in [-0.1, -0.05) is 6.42 Å². The van der Waals surface area contributed by atoms with Gasteiger partial charge in [0, 0.05) is 25.3 Å². The van der Waals surface area contributed by atoms with Gasteiger partial charge in [-0.05, 0) is 55.5 Å². The molecule has 1 aromatic heterocycles. The van der Waals surface area contributed by atoms with Crippen molar-refractivity contribution in [3.05, 3.63) is 40.6 Å².